The summed E-state index contributed by atoms with van der Waals surface area (Å²) < 4.78 is 129. The van der Waals surface area contributed by atoms with E-state index in [-0.39, 0.29) is 5.56 Å². The van der Waals surface area contributed by atoms with E-state index in [2.05, 4.69) is 4.98 Å². The molecule has 4 nitrogen and oxygen atoms in total. The van der Waals surface area contributed by atoms with E-state index in [1.54, 1.807) is 0 Å². The lowest BCUT2D eigenvalue weighted by Gasteiger charge is -2.09. The molecule has 0 radical (unpaired) electrons. The van der Waals surface area contributed by atoms with Crippen molar-refractivity contribution >= 4 is 9.84 Å². The minimum atomic E-state index is -5.01. The number of imidazole rings is 1. The third-order valence-corrected chi connectivity index (χ3v) is 5.25. The maximum Gasteiger partial charge on any atom is 0.449 e. The molecule has 0 unspecified atom stereocenters. The number of aromatic nitrogens is 2. The Morgan fingerprint density at radius 2 is 1.35 bits per heavy atom. The highest BCUT2D eigenvalue weighted by atomic mass is 32.2. The number of benzene rings is 2. The summed E-state index contributed by atoms with van der Waals surface area (Å²) in [7, 11) is -4.33. The van der Waals surface area contributed by atoms with Gasteiger partial charge in [0.2, 0.25) is 5.82 Å². The summed E-state index contributed by atoms with van der Waals surface area (Å²) in [5.74, 6) is -4.69. The van der Waals surface area contributed by atoms with Crippen molar-refractivity contribution in [3.05, 3.63) is 59.4 Å². The quantitative estimate of drug-likeness (QED) is 0.517. The third kappa shape index (κ3) is 4.55. The summed E-state index contributed by atoms with van der Waals surface area (Å²) in [6.45, 7) is 0. The number of aromatic amines is 1. The Morgan fingerprint density at radius 3 is 1.77 bits per heavy atom. The number of rotatable bonds is 3. The van der Waals surface area contributed by atoms with Gasteiger partial charge in [0, 0.05) is 17.4 Å². The predicted molar refractivity (Wildman–Crippen MR) is 92.5 cm³/mol. The molecule has 0 bridgehead atoms. The maximum absolute atomic E-state index is 14.2. The molecule has 0 aliphatic rings. The molecular formula is C18H10F8N2O2S. The molecule has 2 aromatic carbocycles. The molecule has 0 atom stereocenters. The van der Waals surface area contributed by atoms with Crippen LogP contribution >= 0.6 is 0 Å². The summed E-state index contributed by atoms with van der Waals surface area (Å²) in [6, 6.07) is 3.89. The Balaban J connectivity index is 2.23. The van der Waals surface area contributed by atoms with Gasteiger partial charge in [0.05, 0.1) is 17.0 Å². The largest absolute Gasteiger partial charge is 0.449 e. The predicted octanol–water partition coefficient (Wildman–Crippen LogP) is 5.46. The second-order valence-electron chi connectivity index (χ2n) is 6.42. The van der Waals surface area contributed by atoms with Crippen LogP contribution in [0.1, 0.15) is 11.4 Å². The molecule has 13 heteroatoms. The summed E-state index contributed by atoms with van der Waals surface area (Å²) in [4.78, 5) is 3.91. The molecule has 1 heterocycles. The number of hydrogen-bond acceptors (Lipinski definition) is 3. The molecule has 0 saturated carbocycles. The van der Waals surface area contributed by atoms with E-state index in [1.807, 2.05) is 4.98 Å². The maximum atomic E-state index is 14.2. The lowest BCUT2D eigenvalue weighted by atomic mass is 10.0. The van der Waals surface area contributed by atoms with Gasteiger partial charge in [0.25, 0.3) is 0 Å². The average Bonchev–Trinajstić information content (AvgIpc) is 3.05. The first-order chi connectivity index (χ1) is 14.1. The molecule has 1 N–H and O–H groups in total. The fourth-order valence-electron chi connectivity index (χ4n) is 2.80. The van der Waals surface area contributed by atoms with Crippen molar-refractivity contribution in [2.24, 2.45) is 0 Å². The minimum absolute atomic E-state index is 0.181. The van der Waals surface area contributed by atoms with Crippen molar-refractivity contribution in [2.75, 3.05) is 6.26 Å². The molecule has 3 rings (SSSR count). The van der Waals surface area contributed by atoms with E-state index < -0.39 is 67.1 Å². The van der Waals surface area contributed by atoms with Crippen LogP contribution in [0.4, 0.5) is 35.1 Å². The Hall–Kier alpha value is -2.96. The first kappa shape index (κ1) is 22.7. The summed E-state index contributed by atoms with van der Waals surface area (Å²) in [5, 5.41) is 0. The van der Waals surface area contributed by atoms with Gasteiger partial charge in [-0.3, -0.25) is 0 Å². The Kier molecular flexibility index (Phi) is 5.37. The lowest BCUT2D eigenvalue weighted by Crippen LogP contribution is -2.07. The van der Waals surface area contributed by atoms with Crippen LogP contribution in [0.3, 0.4) is 0 Å². The molecule has 31 heavy (non-hydrogen) atoms. The van der Waals surface area contributed by atoms with E-state index in [0.29, 0.717) is 30.5 Å². The van der Waals surface area contributed by atoms with Gasteiger partial charge in [-0.2, -0.15) is 26.3 Å². The standard InChI is InChI=1S/C18H10F8N2O2S/c1-31(29,30)15-11(19)6-9(7-12(15)20)14-13(27-16(28-14)18(24,25)26)8-2-4-10(5-3-8)17(21,22)23/h2-7H,1H3,(H,27,28). The van der Waals surface area contributed by atoms with E-state index in [0.717, 1.165) is 12.1 Å². The van der Waals surface area contributed by atoms with E-state index in [4.69, 9.17) is 0 Å². The van der Waals surface area contributed by atoms with Crippen LogP contribution in [-0.4, -0.2) is 24.6 Å². The van der Waals surface area contributed by atoms with Gasteiger partial charge in [-0.05, 0) is 24.3 Å². The van der Waals surface area contributed by atoms with E-state index >= 15 is 0 Å². The van der Waals surface area contributed by atoms with Gasteiger partial charge in [-0.25, -0.2) is 22.2 Å². The highest BCUT2D eigenvalue weighted by molar-refractivity contribution is 7.90. The van der Waals surface area contributed by atoms with Crippen molar-refractivity contribution in [3.8, 4) is 22.5 Å². The van der Waals surface area contributed by atoms with Gasteiger partial charge < -0.3 is 4.98 Å². The second kappa shape index (κ2) is 7.32. The molecule has 3 aromatic rings. The zero-order valence-corrected chi connectivity index (χ0v) is 16.0. The van der Waals surface area contributed by atoms with Crippen molar-refractivity contribution in [3.63, 3.8) is 0 Å². The van der Waals surface area contributed by atoms with Gasteiger partial charge in [-0.15, -0.1) is 0 Å². The monoisotopic (exact) mass is 470 g/mol. The van der Waals surface area contributed by atoms with Gasteiger partial charge in [-0.1, -0.05) is 12.1 Å². The third-order valence-electron chi connectivity index (χ3n) is 4.12. The number of halogens is 8. The summed E-state index contributed by atoms with van der Waals surface area (Å²) in [5.41, 5.74) is -2.90. The van der Waals surface area contributed by atoms with Gasteiger partial charge in [0.15, 0.2) is 9.84 Å². The Morgan fingerprint density at radius 1 is 0.839 bits per heavy atom. The van der Waals surface area contributed by atoms with Gasteiger partial charge in [0.1, 0.15) is 16.5 Å². The molecule has 0 fully saturated rings. The molecule has 0 aliphatic carbocycles. The Bertz CT molecular complexity index is 1220. The first-order valence-corrected chi connectivity index (χ1v) is 10.0. The van der Waals surface area contributed by atoms with Crippen molar-refractivity contribution < 1.29 is 43.5 Å². The number of sulfone groups is 1. The molecule has 0 aliphatic heterocycles. The molecule has 1 aromatic heterocycles. The SMILES string of the molecule is CS(=O)(=O)c1c(F)cc(-c2nc(C(F)(F)F)[nH]c2-c2ccc(C(F)(F)F)cc2)cc1F. The Labute approximate surface area is 169 Å². The van der Waals surface area contributed by atoms with Crippen LogP contribution < -0.4 is 0 Å². The van der Waals surface area contributed by atoms with Crippen LogP contribution in [-0.2, 0) is 22.2 Å². The van der Waals surface area contributed by atoms with E-state index in [1.165, 1.54) is 0 Å². The smallest absolute Gasteiger partial charge is 0.334 e. The zero-order valence-electron chi connectivity index (χ0n) is 15.2. The number of nitrogens with one attached hydrogen (secondary N) is 1. The second-order valence-corrected chi connectivity index (χ2v) is 8.38. The lowest BCUT2D eigenvalue weighted by molar-refractivity contribution is -0.144. The molecule has 166 valence electrons. The highest BCUT2D eigenvalue weighted by Gasteiger charge is 2.37. The van der Waals surface area contributed by atoms with Crippen LogP contribution in [0.2, 0.25) is 0 Å². The van der Waals surface area contributed by atoms with E-state index in [9.17, 15) is 43.5 Å². The number of hydrogen-bond donors (Lipinski definition) is 1. The van der Waals surface area contributed by atoms with Crippen molar-refractivity contribution in [2.45, 2.75) is 17.2 Å². The fraction of sp³-hybridized carbons (Fsp3) is 0.167. The van der Waals surface area contributed by atoms with Crippen LogP contribution in [0.5, 0.6) is 0 Å². The summed E-state index contributed by atoms with van der Waals surface area (Å²) in [6.07, 6.45) is -9.17. The molecule has 0 spiro atoms. The molecule has 0 amide bonds. The zero-order chi connectivity index (χ0) is 23.4. The highest BCUT2D eigenvalue weighted by Crippen LogP contribution is 2.38. The minimum Gasteiger partial charge on any atom is -0.334 e. The van der Waals surface area contributed by atoms with Crippen molar-refractivity contribution in [1.82, 2.24) is 9.97 Å². The molecule has 0 saturated heterocycles. The number of H-pyrrole nitrogens is 1. The normalized spacial score (nSPS) is 12.9. The fourth-order valence-corrected chi connectivity index (χ4v) is 3.63. The average molecular weight is 470 g/mol. The number of alkyl halides is 6. The van der Waals surface area contributed by atoms with Crippen LogP contribution in [0.25, 0.3) is 22.5 Å². The number of nitrogens with zero attached hydrogens (tertiary/aromatic N) is 1. The topological polar surface area (TPSA) is 62.8 Å². The van der Waals surface area contributed by atoms with Crippen LogP contribution in [0, 0.1) is 11.6 Å². The summed E-state index contributed by atoms with van der Waals surface area (Å²) >= 11 is 0. The van der Waals surface area contributed by atoms with Crippen LogP contribution in [0.15, 0.2) is 41.3 Å². The first-order valence-electron chi connectivity index (χ1n) is 8.13. The van der Waals surface area contributed by atoms with Crippen molar-refractivity contribution in [1.29, 1.82) is 0 Å². The van der Waals surface area contributed by atoms with Gasteiger partial charge >= 0.3 is 12.4 Å². The molecular weight excluding hydrogens is 460 g/mol.